The Morgan fingerprint density at radius 2 is 2.23 bits per heavy atom. The quantitative estimate of drug-likeness (QED) is 0.789. The molecule has 2 rings (SSSR count). The fraction of sp³-hybridized carbons (Fsp3) is 0.312. The molecule has 0 saturated heterocycles. The van der Waals surface area contributed by atoms with Crippen LogP contribution in [0.2, 0.25) is 0 Å². The SMILES string of the molecule is CC(Oc1ccc(C#N)cc1)C(=O)NCCCn1ccnc1. The van der Waals surface area contributed by atoms with E-state index >= 15 is 0 Å². The molecule has 0 spiro atoms. The Hall–Kier alpha value is -2.81. The number of amides is 1. The molecule has 0 bridgehead atoms. The van der Waals surface area contributed by atoms with Gasteiger partial charge < -0.3 is 14.6 Å². The summed E-state index contributed by atoms with van der Waals surface area (Å²) in [5.74, 6) is 0.412. The number of carbonyl (C=O) groups excluding carboxylic acids is 1. The van der Waals surface area contributed by atoms with Crippen molar-refractivity contribution in [3.63, 3.8) is 0 Å². The summed E-state index contributed by atoms with van der Waals surface area (Å²) in [6.45, 7) is 3.09. The van der Waals surface area contributed by atoms with Gasteiger partial charge in [-0.15, -0.1) is 0 Å². The smallest absolute Gasteiger partial charge is 0.260 e. The number of carbonyl (C=O) groups is 1. The molecular weight excluding hydrogens is 280 g/mol. The third kappa shape index (κ3) is 4.63. The number of rotatable bonds is 7. The molecular formula is C16H18N4O2. The van der Waals surface area contributed by atoms with Crippen molar-refractivity contribution in [3.8, 4) is 11.8 Å². The summed E-state index contributed by atoms with van der Waals surface area (Å²) in [7, 11) is 0. The zero-order valence-corrected chi connectivity index (χ0v) is 12.4. The van der Waals surface area contributed by atoms with Crippen molar-refractivity contribution in [1.29, 1.82) is 5.26 Å². The number of benzene rings is 1. The predicted molar refractivity (Wildman–Crippen MR) is 81.1 cm³/mol. The molecule has 0 aliphatic heterocycles. The molecule has 1 atom stereocenters. The Bertz CT molecular complexity index is 629. The standard InChI is InChI=1S/C16H18N4O2/c1-13(22-15-5-3-14(11-17)4-6-15)16(21)19-7-2-9-20-10-8-18-12-20/h3-6,8,10,12-13H,2,7,9H2,1H3,(H,19,21). The summed E-state index contributed by atoms with van der Waals surface area (Å²) in [6.07, 6.45) is 5.61. The predicted octanol–water partition coefficient (Wildman–Crippen LogP) is 1.73. The lowest BCUT2D eigenvalue weighted by Gasteiger charge is -2.14. The van der Waals surface area contributed by atoms with Crippen molar-refractivity contribution >= 4 is 5.91 Å². The number of nitrogens with zero attached hydrogens (tertiary/aromatic N) is 3. The maximum Gasteiger partial charge on any atom is 0.260 e. The first-order chi connectivity index (χ1) is 10.7. The lowest BCUT2D eigenvalue weighted by Crippen LogP contribution is -2.37. The Kier molecular flexibility index (Phi) is 5.55. The molecule has 6 nitrogen and oxygen atoms in total. The third-order valence-electron chi connectivity index (χ3n) is 3.12. The second kappa shape index (κ2) is 7.84. The first kappa shape index (κ1) is 15.6. The molecule has 22 heavy (non-hydrogen) atoms. The molecule has 1 amide bonds. The van der Waals surface area contributed by atoms with Crippen molar-refractivity contribution in [2.75, 3.05) is 6.54 Å². The summed E-state index contributed by atoms with van der Waals surface area (Å²) in [5.41, 5.74) is 0.559. The Morgan fingerprint density at radius 3 is 2.86 bits per heavy atom. The molecule has 0 aliphatic rings. The van der Waals surface area contributed by atoms with Crippen LogP contribution in [0.3, 0.4) is 0 Å². The average molecular weight is 298 g/mol. The van der Waals surface area contributed by atoms with Gasteiger partial charge in [0.05, 0.1) is 18.0 Å². The highest BCUT2D eigenvalue weighted by Gasteiger charge is 2.13. The number of hydrogen-bond donors (Lipinski definition) is 1. The van der Waals surface area contributed by atoms with Gasteiger partial charge in [0.25, 0.3) is 5.91 Å². The van der Waals surface area contributed by atoms with E-state index in [0.717, 1.165) is 13.0 Å². The summed E-state index contributed by atoms with van der Waals surface area (Å²) in [4.78, 5) is 15.9. The van der Waals surface area contributed by atoms with Crippen LogP contribution in [0.5, 0.6) is 5.75 Å². The fourth-order valence-corrected chi connectivity index (χ4v) is 1.90. The van der Waals surface area contributed by atoms with Crippen LogP contribution in [-0.4, -0.2) is 28.1 Å². The number of aryl methyl sites for hydroxylation is 1. The highest BCUT2D eigenvalue weighted by Crippen LogP contribution is 2.13. The van der Waals surface area contributed by atoms with Crippen molar-refractivity contribution in [1.82, 2.24) is 14.9 Å². The zero-order chi connectivity index (χ0) is 15.8. The molecule has 0 radical (unpaired) electrons. The van der Waals surface area contributed by atoms with Crippen LogP contribution in [0, 0.1) is 11.3 Å². The number of nitriles is 1. The lowest BCUT2D eigenvalue weighted by molar-refractivity contribution is -0.127. The van der Waals surface area contributed by atoms with E-state index in [-0.39, 0.29) is 5.91 Å². The molecule has 0 fully saturated rings. The van der Waals surface area contributed by atoms with Gasteiger partial charge in [-0.05, 0) is 37.6 Å². The Labute approximate surface area is 129 Å². The van der Waals surface area contributed by atoms with Crippen molar-refractivity contribution in [3.05, 3.63) is 48.5 Å². The average Bonchev–Trinajstić information content (AvgIpc) is 3.05. The minimum atomic E-state index is -0.582. The fourth-order valence-electron chi connectivity index (χ4n) is 1.90. The minimum absolute atomic E-state index is 0.157. The van der Waals surface area contributed by atoms with Crippen molar-refractivity contribution in [2.45, 2.75) is 26.0 Å². The second-order valence-electron chi connectivity index (χ2n) is 4.84. The van der Waals surface area contributed by atoms with Gasteiger partial charge >= 0.3 is 0 Å². The number of imidazole rings is 1. The van der Waals surface area contributed by atoms with Gasteiger partial charge in [-0.25, -0.2) is 4.98 Å². The normalized spacial score (nSPS) is 11.5. The van der Waals surface area contributed by atoms with Crippen LogP contribution in [0.15, 0.2) is 43.0 Å². The van der Waals surface area contributed by atoms with E-state index < -0.39 is 6.10 Å². The van der Waals surface area contributed by atoms with Crippen LogP contribution in [-0.2, 0) is 11.3 Å². The van der Waals surface area contributed by atoms with E-state index in [1.807, 2.05) is 16.8 Å². The first-order valence-electron chi connectivity index (χ1n) is 7.09. The first-order valence-corrected chi connectivity index (χ1v) is 7.09. The van der Waals surface area contributed by atoms with Gasteiger partial charge in [0.2, 0.25) is 0 Å². The Balaban J connectivity index is 1.70. The summed E-state index contributed by atoms with van der Waals surface area (Å²) in [5, 5.41) is 11.6. The maximum absolute atomic E-state index is 11.9. The molecule has 1 heterocycles. The molecule has 6 heteroatoms. The summed E-state index contributed by atoms with van der Waals surface area (Å²) >= 11 is 0. The van der Waals surface area contributed by atoms with Crippen molar-refractivity contribution < 1.29 is 9.53 Å². The van der Waals surface area contributed by atoms with E-state index in [2.05, 4.69) is 10.3 Å². The van der Waals surface area contributed by atoms with Crippen LogP contribution < -0.4 is 10.1 Å². The van der Waals surface area contributed by atoms with Gasteiger partial charge in [0, 0.05) is 25.5 Å². The van der Waals surface area contributed by atoms with E-state index in [1.54, 1.807) is 43.7 Å². The molecule has 114 valence electrons. The Morgan fingerprint density at radius 1 is 1.45 bits per heavy atom. The molecule has 1 aromatic heterocycles. The van der Waals surface area contributed by atoms with Gasteiger partial charge in [0.1, 0.15) is 5.75 Å². The monoisotopic (exact) mass is 298 g/mol. The van der Waals surface area contributed by atoms with Crippen LogP contribution in [0.25, 0.3) is 0 Å². The largest absolute Gasteiger partial charge is 0.481 e. The highest BCUT2D eigenvalue weighted by atomic mass is 16.5. The molecule has 1 N–H and O–H groups in total. The van der Waals surface area contributed by atoms with Gasteiger partial charge in [-0.2, -0.15) is 5.26 Å². The van der Waals surface area contributed by atoms with Crippen LogP contribution in [0.1, 0.15) is 18.9 Å². The van der Waals surface area contributed by atoms with Crippen molar-refractivity contribution in [2.24, 2.45) is 0 Å². The molecule has 2 aromatic rings. The number of ether oxygens (including phenoxy) is 1. The van der Waals surface area contributed by atoms with E-state index in [0.29, 0.717) is 17.9 Å². The van der Waals surface area contributed by atoms with Gasteiger partial charge in [0.15, 0.2) is 6.10 Å². The maximum atomic E-state index is 11.9. The molecule has 1 aromatic carbocycles. The summed E-state index contributed by atoms with van der Waals surface area (Å²) in [6, 6.07) is 8.71. The topological polar surface area (TPSA) is 79.9 Å². The lowest BCUT2D eigenvalue weighted by atomic mass is 10.2. The van der Waals surface area contributed by atoms with E-state index in [1.165, 1.54) is 0 Å². The van der Waals surface area contributed by atoms with E-state index in [4.69, 9.17) is 10.00 Å². The number of nitrogens with one attached hydrogen (secondary N) is 1. The second-order valence-corrected chi connectivity index (χ2v) is 4.84. The summed E-state index contributed by atoms with van der Waals surface area (Å²) < 4.78 is 7.50. The minimum Gasteiger partial charge on any atom is -0.481 e. The highest BCUT2D eigenvalue weighted by molar-refractivity contribution is 5.80. The van der Waals surface area contributed by atoms with E-state index in [9.17, 15) is 4.79 Å². The third-order valence-corrected chi connectivity index (χ3v) is 3.12. The molecule has 0 saturated carbocycles. The van der Waals surface area contributed by atoms with Gasteiger partial charge in [-0.1, -0.05) is 0 Å². The van der Waals surface area contributed by atoms with Crippen LogP contribution in [0.4, 0.5) is 0 Å². The molecule has 0 aliphatic carbocycles. The number of hydrogen-bond acceptors (Lipinski definition) is 4. The molecule has 1 unspecified atom stereocenters. The van der Waals surface area contributed by atoms with Gasteiger partial charge in [-0.3, -0.25) is 4.79 Å². The zero-order valence-electron chi connectivity index (χ0n) is 12.4. The van der Waals surface area contributed by atoms with Crippen LogP contribution >= 0.6 is 0 Å². The number of aromatic nitrogens is 2.